The van der Waals surface area contributed by atoms with Crippen LogP contribution in [0.4, 0.5) is 11.4 Å². The van der Waals surface area contributed by atoms with Crippen LogP contribution in [0.25, 0.3) is 0 Å². The molecule has 108 valence electrons. The van der Waals surface area contributed by atoms with Gasteiger partial charge in [0.1, 0.15) is 0 Å². The quantitative estimate of drug-likeness (QED) is 0.691. The van der Waals surface area contributed by atoms with Crippen molar-refractivity contribution in [1.82, 2.24) is 0 Å². The number of nitro benzene ring substituents is 1. The highest BCUT2D eigenvalue weighted by atomic mass is 16.6. The minimum atomic E-state index is -0.472. The van der Waals surface area contributed by atoms with Crippen molar-refractivity contribution >= 4 is 17.3 Å². The smallest absolute Gasteiger partial charge is 0.273 e. The second-order valence-corrected chi connectivity index (χ2v) is 4.86. The molecule has 0 aliphatic heterocycles. The maximum absolute atomic E-state index is 12.1. The number of carbonyl (C=O) groups is 1. The molecule has 0 unspecified atom stereocenters. The zero-order valence-corrected chi connectivity index (χ0v) is 11.9. The Bertz CT molecular complexity index is 696. The third-order valence-electron chi connectivity index (χ3n) is 3.42. The Labute approximate surface area is 122 Å². The molecule has 2 aromatic rings. The summed E-state index contributed by atoms with van der Waals surface area (Å²) in [7, 11) is 0. The lowest BCUT2D eigenvalue weighted by molar-refractivity contribution is -0.385. The Morgan fingerprint density at radius 3 is 2.57 bits per heavy atom. The van der Waals surface area contributed by atoms with E-state index in [0.29, 0.717) is 5.56 Å². The van der Waals surface area contributed by atoms with Crippen LogP contribution in [-0.2, 0) is 11.2 Å². The Balaban J connectivity index is 2.16. The summed E-state index contributed by atoms with van der Waals surface area (Å²) < 4.78 is 0. The van der Waals surface area contributed by atoms with Crippen LogP contribution in [0.1, 0.15) is 16.7 Å². The summed E-state index contributed by atoms with van der Waals surface area (Å²) in [4.78, 5) is 22.5. The van der Waals surface area contributed by atoms with Crippen molar-refractivity contribution < 1.29 is 9.72 Å². The number of hydrogen-bond donors (Lipinski definition) is 1. The van der Waals surface area contributed by atoms with Gasteiger partial charge in [0.05, 0.1) is 11.3 Å². The average molecular weight is 284 g/mol. The predicted molar refractivity (Wildman–Crippen MR) is 81.3 cm³/mol. The van der Waals surface area contributed by atoms with Gasteiger partial charge < -0.3 is 5.32 Å². The largest absolute Gasteiger partial charge is 0.326 e. The molecule has 5 nitrogen and oxygen atoms in total. The number of hydrogen-bond acceptors (Lipinski definition) is 3. The number of anilines is 1. The third-order valence-corrected chi connectivity index (χ3v) is 3.42. The van der Waals surface area contributed by atoms with Crippen molar-refractivity contribution in [3.05, 3.63) is 69.3 Å². The minimum absolute atomic E-state index is 0.0233. The number of amides is 1. The molecule has 5 heteroatoms. The second kappa shape index (κ2) is 6.17. The number of para-hydroxylation sites is 1. The van der Waals surface area contributed by atoms with Gasteiger partial charge in [-0.2, -0.15) is 0 Å². The topological polar surface area (TPSA) is 72.2 Å². The number of rotatable bonds is 4. The molecule has 0 fully saturated rings. The molecule has 0 radical (unpaired) electrons. The van der Waals surface area contributed by atoms with Gasteiger partial charge in [0.2, 0.25) is 5.91 Å². The Morgan fingerprint density at radius 1 is 1.14 bits per heavy atom. The van der Waals surface area contributed by atoms with Gasteiger partial charge >= 0.3 is 0 Å². The molecule has 0 aromatic heterocycles. The highest BCUT2D eigenvalue weighted by Crippen LogP contribution is 2.21. The molecule has 0 aliphatic carbocycles. The van der Waals surface area contributed by atoms with E-state index in [1.807, 2.05) is 32.0 Å². The second-order valence-electron chi connectivity index (χ2n) is 4.86. The highest BCUT2D eigenvalue weighted by Gasteiger charge is 2.16. The first kappa shape index (κ1) is 14.7. The highest BCUT2D eigenvalue weighted by molar-refractivity contribution is 5.93. The average Bonchev–Trinajstić information content (AvgIpc) is 2.44. The molecule has 0 heterocycles. The summed E-state index contributed by atoms with van der Waals surface area (Å²) >= 11 is 0. The van der Waals surface area contributed by atoms with Crippen LogP contribution in [0.15, 0.2) is 42.5 Å². The summed E-state index contributed by atoms with van der Waals surface area (Å²) in [6.45, 7) is 3.89. The van der Waals surface area contributed by atoms with E-state index in [1.165, 1.54) is 6.07 Å². The molecule has 0 saturated heterocycles. The van der Waals surface area contributed by atoms with Crippen LogP contribution in [0, 0.1) is 24.0 Å². The molecule has 21 heavy (non-hydrogen) atoms. The Morgan fingerprint density at radius 2 is 1.86 bits per heavy atom. The lowest BCUT2D eigenvalue weighted by Gasteiger charge is -2.10. The number of nitrogens with zero attached hydrogens (tertiary/aromatic N) is 1. The molecule has 0 aliphatic rings. The minimum Gasteiger partial charge on any atom is -0.326 e. The van der Waals surface area contributed by atoms with Crippen molar-refractivity contribution in [2.45, 2.75) is 20.3 Å². The first-order valence-corrected chi connectivity index (χ1v) is 6.57. The lowest BCUT2D eigenvalue weighted by atomic mass is 10.1. The van der Waals surface area contributed by atoms with E-state index in [4.69, 9.17) is 0 Å². The molecular weight excluding hydrogens is 268 g/mol. The number of nitrogens with one attached hydrogen (secondary N) is 1. The third kappa shape index (κ3) is 3.45. The first-order chi connectivity index (χ1) is 9.99. The Hall–Kier alpha value is -2.69. The predicted octanol–water partition coefficient (Wildman–Crippen LogP) is 3.39. The maximum Gasteiger partial charge on any atom is 0.273 e. The molecule has 2 rings (SSSR count). The normalized spacial score (nSPS) is 10.2. The van der Waals surface area contributed by atoms with Gasteiger partial charge in [0, 0.05) is 17.3 Å². The van der Waals surface area contributed by atoms with E-state index in [-0.39, 0.29) is 18.0 Å². The fraction of sp³-hybridized carbons (Fsp3) is 0.188. The van der Waals surface area contributed by atoms with E-state index in [2.05, 4.69) is 5.32 Å². The van der Waals surface area contributed by atoms with E-state index in [0.717, 1.165) is 16.8 Å². The summed E-state index contributed by atoms with van der Waals surface area (Å²) in [5.41, 5.74) is 3.18. The molecule has 1 amide bonds. The lowest BCUT2D eigenvalue weighted by Crippen LogP contribution is -2.16. The standard InChI is InChI=1S/C16H16N2O3/c1-11-6-5-8-14(12(11)2)17-16(19)10-13-7-3-4-9-15(13)18(20)21/h3-9H,10H2,1-2H3,(H,17,19). The molecule has 0 spiro atoms. The summed E-state index contributed by atoms with van der Waals surface area (Å²) in [5.74, 6) is -0.266. The van der Waals surface area contributed by atoms with Crippen LogP contribution >= 0.6 is 0 Å². The first-order valence-electron chi connectivity index (χ1n) is 6.57. The van der Waals surface area contributed by atoms with E-state index >= 15 is 0 Å². The van der Waals surface area contributed by atoms with Gasteiger partial charge in [-0.3, -0.25) is 14.9 Å². The monoisotopic (exact) mass is 284 g/mol. The maximum atomic E-state index is 12.1. The van der Waals surface area contributed by atoms with Crippen LogP contribution in [0.3, 0.4) is 0 Å². The van der Waals surface area contributed by atoms with Gasteiger partial charge in [-0.25, -0.2) is 0 Å². The van der Waals surface area contributed by atoms with Crippen LogP contribution in [-0.4, -0.2) is 10.8 Å². The molecule has 2 aromatic carbocycles. The van der Waals surface area contributed by atoms with Crippen LogP contribution in [0.2, 0.25) is 0 Å². The van der Waals surface area contributed by atoms with Crippen molar-refractivity contribution in [2.75, 3.05) is 5.32 Å². The number of benzene rings is 2. The van der Waals surface area contributed by atoms with Gasteiger partial charge in [-0.05, 0) is 31.0 Å². The fourth-order valence-electron chi connectivity index (χ4n) is 2.09. The summed E-state index contributed by atoms with van der Waals surface area (Å²) in [6, 6.07) is 11.9. The summed E-state index contributed by atoms with van der Waals surface area (Å²) in [5, 5.41) is 13.7. The zero-order valence-electron chi connectivity index (χ0n) is 11.9. The number of aryl methyl sites for hydroxylation is 1. The van der Waals surface area contributed by atoms with Crippen molar-refractivity contribution in [3.63, 3.8) is 0 Å². The number of nitro groups is 1. The van der Waals surface area contributed by atoms with Crippen LogP contribution in [0.5, 0.6) is 0 Å². The SMILES string of the molecule is Cc1cccc(NC(=O)Cc2ccccc2[N+](=O)[O-])c1C. The van der Waals surface area contributed by atoms with Gasteiger partial charge in [0.25, 0.3) is 5.69 Å². The van der Waals surface area contributed by atoms with Crippen molar-refractivity contribution in [3.8, 4) is 0 Å². The van der Waals surface area contributed by atoms with E-state index in [1.54, 1.807) is 18.2 Å². The zero-order chi connectivity index (χ0) is 15.4. The molecular formula is C16H16N2O3. The molecule has 0 atom stereocenters. The fourth-order valence-corrected chi connectivity index (χ4v) is 2.09. The molecule has 0 bridgehead atoms. The van der Waals surface area contributed by atoms with Gasteiger partial charge in [-0.1, -0.05) is 30.3 Å². The van der Waals surface area contributed by atoms with Crippen molar-refractivity contribution in [2.24, 2.45) is 0 Å². The van der Waals surface area contributed by atoms with Gasteiger partial charge in [0.15, 0.2) is 0 Å². The summed E-state index contributed by atoms with van der Waals surface area (Å²) in [6.07, 6.45) is -0.0233. The van der Waals surface area contributed by atoms with Crippen LogP contribution < -0.4 is 5.32 Å². The van der Waals surface area contributed by atoms with E-state index < -0.39 is 4.92 Å². The van der Waals surface area contributed by atoms with Gasteiger partial charge in [-0.15, -0.1) is 0 Å². The van der Waals surface area contributed by atoms with E-state index in [9.17, 15) is 14.9 Å². The molecule has 1 N–H and O–H groups in total. The number of carbonyl (C=O) groups excluding carboxylic acids is 1. The Kier molecular flexibility index (Phi) is 4.33. The van der Waals surface area contributed by atoms with Crippen molar-refractivity contribution in [1.29, 1.82) is 0 Å². The molecule has 0 saturated carbocycles.